The highest BCUT2D eigenvalue weighted by Gasteiger charge is 2.43. The van der Waals surface area contributed by atoms with Crippen LogP contribution in [0.2, 0.25) is 0 Å². The van der Waals surface area contributed by atoms with Crippen molar-refractivity contribution in [2.45, 2.75) is 36.5 Å². The predicted octanol–water partition coefficient (Wildman–Crippen LogP) is -0.144. The summed E-state index contributed by atoms with van der Waals surface area (Å²) in [4.78, 5) is 11.6. The summed E-state index contributed by atoms with van der Waals surface area (Å²) < 4.78 is 9.84. The standard InChI is InChI=1S/C14H18O7S/c15-10-9(21-13(18)12(17)11(10)16)6-20-14(19)22-7-8-4-2-1-3-5-8/h1-5,9-13,15-18H,6-7H2/t9-,10+,11+,12-,13-/m1/s1. The fourth-order valence-corrected chi connectivity index (χ4v) is 2.61. The monoisotopic (exact) mass is 330 g/mol. The van der Waals surface area contributed by atoms with Gasteiger partial charge in [-0.15, -0.1) is 0 Å². The highest BCUT2D eigenvalue weighted by molar-refractivity contribution is 8.12. The van der Waals surface area contributed by atoms with Gasteiger partial charge in [-0.1, -0.05) is 30.3 Å². The Hall–Kier alpha value is -1.16. The molecule has 2 rings (SSSR count). The second kappa shape index (κ2) is 7.91. The van der Waals surface area contributed by atoms with E-state index in [1.165, 1.54) is 0 Å². The topological polar surface area (TPSA) is 116 Å². The molecular weight excluding hydrogens is 312 g/mol. The molecule has 0 amide bonds. The molecule has 1 aliphatic heterocycles. The van der Waals surface area contributed by atoms with Gasteiger partial charge in [-0.25, -0.2) is 4.79 Å². The highest BCUT2D eigenvalue weighted by Crippen LogP contribution is 2.21. The molecule has 1 fully saturated rings. The molecule has 5 atom stereocenters. The zero-order chi connectivity index (χ0) is 16.1. The Bertz CT molecular complexity index is 483. The lowest BCUT2D eigenvalue weighted by Crippen LogP contribution is -2.58. The number of carbonyl (C=O) groups is 1. The highest BCUT2D eigenvalue weighted by atomic mass is 32.2. The van der Waals surface area contributed by atoms with E-state index in [9.17, 15) is 25.2 Å². The van der Waals surface area contributed by atoms with E-state index in [4.69, 9.17) is 9.47 Å². The van der Waals surface area contributed by atoms with E-state index in [0.29, 0.717) is 5.75 Å². The van der Waals surface area contributed by atoms with Crippen LogP contribution in [0.5, 0.6) is 0 Å². The van der Waals surface area contributed by atoms with Crippen LogP contribution in [-0.2, 0) is 15.2 Å². The maximum atomic E-state index is 11.6. The number of aliphatic hydroxyl groups is 4. The fourth-order valence-electron chi connectivity index (χ4n) is 1.98. The van der Waals surface area contributed by atoms with Crippen LogP contribution >= 0.6 is 11.8 Å². The van der Waals surface area contributed by atoms with E-state index < -0.39 is 36.0 Å². The Morgan fingerprint density at radius 1 is 1.09 bits per heavy atom. The number of hydrogen-bond acceptors (Lipinski definition) is 8. The van der Waals surface area contributed by atoms with Crippen molar-refractivity contribution in [1.29, 1.82) is 0 Å². The molecule has 22 heavy (non-hydrogen) atoms. The van der Waals surface area contributed by atoms with Gasteiger partial charge in [-0.2, -0.15) is 0 Å². The van der Waals surface area contributed by atoms with Gasteiger partial charge >= 0.3 is 5.30 Å². The van der Waals surface area contributed by atoms with Crippen LogP contribution in [0.15, 0.2) is 30.3 Å². The molecule has 8 heteroatoms. The Balaban J connectivity index is 1.76. The summed E-state index contributed by atoms with van der Waals surface area (Å²) in [5, 5.41) is 37.4. The molecule has 0 unspecified atom stereocenters. The lowest BCUT2D eigenvalue weighted by atomic mass is 9.99. The Labute approximate surface area is 131 Å². The van der Waals surface area contributed by atoms with Crippen molar-refractivity contribution >= 4 is 17.1 Å². The van der Waals surface area contributed by atoms with E-state index in [2.05, 4.69) is 0 Å². The van der Waals surface area contributed by atoms with Crippen molar-refractivity contribution in [3.8, 4) is 0 Å². The lowest BCUT2D eigenvalue weighted by molar-refractivity contribution is -0.286. The molecule has 0 radical (unpaired) electrons. The van der Waals surface area contributed by atoms with E-state index >= 15 is 0 Å². The van der Waals surface area contributed by atoms with Crippen LogP contribution in [0.3, 0.4) is 0 Å². The zero-order valence-electron chi connectivity index (χ0n) is 11.6. The lowest BCUT2D eigenvalue weighted by Gasteiger charge is -2.37. The molecule has 0 bridgehead atoms. The third kappa shape index (κ3) is 4.42. The summed E-state index contributed by atoms with van der Waals surface area (Å²) in [6.07, 6.45) is -7.36. The van der Waals surface area contributed by atoms with Crippen molar-refractivity contribution in [1.82, 2.24) is 0 Å². The van der Waals surface area contributed by atoms with Gasteiger partial charge in [0.1, 0.15) is 31.0 Å². The number of carbonyl (C=O) groups excluding carboxylic acids is 1. The van der Waals surface area contributed by atoms with E-state index in [0.717, 1.165) is 17.3 Å². The zero-order valence-corrected chi connectivity index (χ0v) is 12.4. The molecule has 1 aliphatic rings. The van der Waals surface area contributed by atoms with Crippen LogP contribution in [0.1, 0.15) is 5.56 Å². The van der Waals surface area contributed by atoms with E-state index in [1.54, 1.807) is 0 Å². The first-order valence-corrected chi connectivity index (χ1v) is 7.69. The molecule has 0 aliphatic carbocycles. The van der Waals surface area contributed by atoms with Crippen LogP contribution < -0.4 is 0 Å². The molecule has 1 heterocycles. The van der Waals surface area contributed by atoms with Crippen LogP contribution in [-0.4, -0.2) is 63.0 Å². The van der Waals surface area contributed by atoms with Gasteiger partial charge in [0.15, 0.2) is 6.29 Å². The molecule has 4 N–H and O–H groups in total. The van der Waals surface area contributed by atoms with Gasteiger partial charge in [0, 0.05) is 5.75 Å². The number of hydrogen-bond donors (Lipinski definition) is 4. The third-order valence-electron chi connectivity index (χ3n) is 3.25. The van der Waals surface area contributed by atoms with Crippen LogP contribution in [0.25, 0.3) is 0 Å². The maximum absolute atomic E-state index is 11.6. The second-order valence-electron chi connectivity index (χ2n) is 4.87. The first-order valence-electron chi connectivity index (χ1n) is 6.70. The predicted molar refractivity (Wildman–Crippen MR) is 78.0 cm³/mol. The number of benzene rings is 1. The van der Waals surface area contributed by atoms with Gasteiger partial charge in [0.05, 0.1) is 0 Å². The normalized spacial score (nSPS) is 31.7. The summed E-state index contributed by atoms with van der Waals surface area (Å²) in [6.45, 7) is -0.331. The van der Waals surface area contributed by atoms with Crippen molar-refractivity contribution < 1.29 is 34.7 Å². The third-order valence-corrected chi connectivity index (χ3v) is 4.08. The molecule has 122 valence electrons. The first kappa shape index (κ1) is 17.2. The van der Waals surface area contributed by atoms with Crippen molar-refractivity contribution in [2.75, 3.05) is 6.61 Å². The minimum atomic E-state index is -1.64. The minimum Gasteiger partial charge on any atom is -0.455 e. The molecule has 1 aromatic rings. The molecular formula is C14H18O7S. The quantitative estimate of drug-likeness (QED) is 0.564. The molecule has 7 nitrogen and oxygen atoms in total. The Morgan fingerprint density at radius 3 is 2.45 bits per heavy atom. The van der Waals surface area contributed by atoms with Gasteiger partial charge in [0.2, 0.25) is 0 Å². The van der Waals surface area contributed by atoms with Gasteiger partial charge in [-0.3, -0.25) is 0 Å². The average molecular weight is 330 g/mol. The maximum Gasteiger partial charge on any atom is 0.367 e. The summed E-state index contributed by atoms with van der Waals surface area (Å²) in [5.74, 6) is 0.442. The van der Waals surface area contributed by atoms with E-state index in [-0.39, 0.29) is 6.61 Å². The SMILES string of the molecule is O=C(OC[C@H]1O[C@@H](O)[C@H](O)[C@@H](O)[C@H]1O)SCc1ccccc1. The van der Waals surface area contributed by atoms with E-state index in [1.807, 2.05) is 30.3 Å². The Morgan fingerprint density at radius 2 is 1.77 bits per heavy atom. The number of aliphatic hydroxyl groups excluding tert-OH is 4. The smallest absolute Gasteiger partial charge is 0.367 e. The van der Waals surface area contributed by atoms with Crippen molar-refractivity contribution in [3.05, 3.63) is 35.9 Å². The summed E-state index contributed by atoms with van der Waals surface area (Å²) in [7, 11) is 0. The number of thioether (sulfide) groups is 1. The molecule has 0 saturated carbocycles. The van der Waals surface area contributed by atoms with Gasteiger partial charge < -0.3 is 29.9 Å². The first-order chi connectivity index (χ1) is 10.5. The molecule has 0 aromatic heterocycles. The summed E-state index contributed by atoms with van der Waals surface area (Å²) >= 11 is 0.949. The molecule has 0 spiro atoms. The van der Waals surface area contributed by atoms with Crippen molar-refractivity contribution in [2.24, 2.45) is 0 Å². The van der Waals surface area contributed by atoms with Crippen molar-refractivity contribution in [3.63, 3.8) is 0 Å². The largest absolute Gasteiger partial charge is 0.455 e. The fraction of sp³-hybridized carbons (Fsp3) is 0.500. The average Bonchev–Trinajstić information content (AvgIpc) is 2.54. The minimum absolute atomic E-state index is 0.331. The number of ether oxygens (including phenoxy) is 2. The summed E-state index contributed by atoms with van der Waals surface area (Å²) in [6, 6.07) is 9.35. The second-order valence-corrected chi connectivity index (χ2v) is 5.78. The molecule has 1 saturated heterocycles. The molecule has 1 aromatic carbocycles. The van der Waals surface area contributed by atoms with Crippen LogP contribution in [0.4, 0.5) is 4.79 Å². The van der Waals surface area contributed by atoms with Gasteiger partial charge in [0.25, 0.3) is 0 Å². The number of rotatable bonds is 4. The van der Waals surface area contributed by atoms with Crippen LogP contribution in [0, 0.1) is 0 Å². The van der Waals surface area contributed by atoms with Gasteiger partial charge in [-0.05, 0) is 17.3 Å². The Kier molecular flexibility index (Phi) is 6.18. The summed E-state index contributed by atoms with van der Waals surface area (Å²) in [5.41, 5.74) is 0.965.